The molecule has 19 heavy (non-hydrogen) atoms. The summed E-state index contributed by atoms with van der Waals surface area (Å²) < 4.78 is 5.09. The van der Waals surface area contributed by atoms with Gasteiger partial charge in [-0.15, -0.1) is 0 Å². The molecule has 0 bridgehead atoms. The SMILES string of the molecule is CC(C)C(NC(=O)c1cc(C(C)(C)C)on1)C(=O)O. The van der Waals surface area contributed by atoms with Crippen molar-refractivity contribution in [2.75, 3.05) is 0 Å². The Hall–Kier alpha value is -1.85. The van der Waals surface area contributed by atoms with Crippen LogP contribution in [0.15, 0.2) is 10.6 Å². The van der Waals surface area contributed by atoms with Crippen molar-refractivity contribution in [3.05, 3.63) is 17.5 Å². The summed E-state index contributed by atoms with van der Waals surface area (Å²) in [6.07, 6.45) is 0. The van der Waals surface area contributed by atoms with E-state index in [2.05, 4.69) is 10.5 Å². The molecule has 0 saturated carbocycles. The van der Waals surface area contributed by atoms with Gasteiger partial charge < -0.3 is 14.9 Å². The van der Waals surface area contributed by atoms with E-state index in [4.69, 9.17) is 9.63 Å². The van der Waals surface area contributed by atoms with Gasteiger partial charge in [0, 0.05) is 11.5 Å². The summed E-state index contributed by atoms with van der Waals surface area (Å²) in [7, 11) is 0. The molecule has 6 heteroatoms. The highest BCUT2D eigenvalue weighted by Crippen LogP contribution is 2.22. The lowest BCUT2D eigenvalue weighted by atomic mass is 9.93. The van der Waals surface area contributed by atoms with Crippen LogP contribution in [0.3, 0.4) is 0 Å². The quantitative estimate of drug-likeness (QED) is 0.868. The van der Waals surface area contributed by atoms with E-state index in [0.29, 0.717) is 5.76 Å². The van der Waals surface area contributed by atoms with Crippen LogP contribution in [0.5, 0.6) is 0 Å². The number of nitrogens with zero attached hydrogens (tertiary/aromatic N) is 1. The van der Waals surface area contributed by atoms with Crippen LogP contribution in [-0.4, -0.2) is 28.2 Å². The monoisotopic (exact) mass is 268 g/mol. The van der Waals surface area contributed by atoms with Gasteiger partial charge in [-0.2, -0.15) is 0 Å². The van der Waals surface area contributed by atoms with Gasteiger partial charge >= 0.3 is 5.97 Å². The summed E-state index contributed by atoms with van der Waals surface area (Å²) in [5.41, 5.74) is -0.160. The summed E-state index contributed by atoms with van der Waals surface area (Å²) in [6, 6.07) is 0.594. The highest BCUT2D eigenvalue weighted by molar-refractivity contribution is 5.95. The van der Waals surface area contributed by atoms with Gasteiger partial charge in [-0.1, -0.05) is 39.8 Å². The molecule has 6 nitrogen and oxygen atoms in total. The average molecular weight is 268 g/mol. The summed E-state index contributed by atoms with van der Waals surface area (Å²) >= 11 is 0. The van der Waals surface area contributed by atoms with Gasteiger partial charge in [-0.25, -0.2) is 4.79 Å². The van der Waals surface area contributed by atoms with Crippen LogP contribution in [-0.2, 0) is 10.2 Å². The number of rotatable bonds is 4. The zero-order valence-electron chi connectivity index (χ0n) is 11.9. The molecule has 0 fully saturated rings. The minimum atomic E-state index is -1.07. The van der Waals surface area contributed by atoms with Crippen molar-refractivity contribution < 1.29 is 19.2 Å². The third-order valence-electron chi connectivity index (χ3n) is 2.70. The molecular weight excluding hydrogens is 248 g/mol. The molecular formula is C13H20N2O4. The van der Waals surface area contributed by atoms with Crippen molar-refractivity contribution in [3.63, 3.8) is 0 Å². The topological polar surface area (TPSA) is 92.4 Å². The van der Waals surface area contributed by atoms with Crippen molar-refractivity contribution in [1.82, 2.24) is 10.5 Å². The fraction of sp³-hybridized carbons (Fsp3) is 0.615. The third kappa shape index (κ3) is 3.81. The van der Waals surface area contributed by atoms with Gasteiger partial charge in [0.25, 0.3) is 5.91 Å². The maximum Gasteiger partial charge on any atom is 0.326 e. The van der Waals surface area contributed by atoms with E-state index >= 15 is 0 Å². The maximum absolute atomic E-state index is 11.9. The van der Waals surface area contributed by atoms with Crippen molar-refractivity contribution in [3.8, 4) is 0 Å². The Kier molecular flexibility index (Phi) is 4.34. The number of aliphatic carboxylic acids is 1. The van der Waals surface area contributed by atoms with Crippen LogP contribution in [0.25, 0.3) is 0 Å². The molecule has 0 radical (unpaired) electrons. The lowest BCUT2D eigenvalue weighted by molar-refractivity contribution is -0.140. The number of carbonyl (C=O) groups is 2. The lowest BCUT2D eigenvalue weighted by Gasteiger charge is -2.16. The van der Waals surface area contributed by atoms with Gasteiger partial charge in [0.1, 0.15) is 11.8 Å². The standard InChI is InChI=1S/C13H20N2O4/c1-7(2)10(12(17)18)14-11(16)8-6-9(19-15-8)13(3,4)5/h6-7,10H,1-5H3,(H,14,16)(H,17,18). The molecule has 0 spiro atoms. The van der Waals surface area contributed by atoms with Crippen molar-refractivity contribution in [2.24, 2.45) is 5.92 Å². The zero-order valence-corrected chi connectivity index (χ0v) is 11.9. The van der Waals surface area contributed by atoms with Crippen LogP contribution in [0.2, 0.25) is 0 Å². The van der Waals surface area contributed by atoms with Gasteiger partial charge in [0.15, 0.2) is 5.69 Å². The first kappa shape index (κ1) is 15.2. The number of amides is 1. The van der Waals surface area contributed by atoms with E-state index in [-0.39, 0.29) is 17.0 Å². The highest BCUT2D eigenvalue weighted by Gasteiger charge is 2.27. The van der Waals surface area contributed by atoms with E-state index in [9.17, 15) is 9.59 Å². The van der Waals surface area contributed by atoms with Crippen LogP contribution in [0, 0.1) is 5.92 Å². The Balaban J connectivity index is 2.84. The molecule has 0 aliphatic heterocycles. The first-order chi connectivity index (χ1) is 8.62. The van der Waals surface area contributed by atoms with E-state index in [0.717, 1.165) is 0 Å². The number of carboxylic acids is 1. The second-order valence-corrected chi connectivity index (χ2v) is 5.86. The Morgan fingerprint density at radius 1 is 1.37 bits per heavy atom. The fourth-order valence-corrected chi connectivity index (χ4v) is 1.46. The molecule has 106 valence electrons. The predicted octanol–water partition coefficient (Wildman–Crippen LogP) is 1.81. The minimum absolute atomic E-state index is 0.0943. The number of nitrogens with one attached hydrogen (secondary N) is 1. The lowest BCUT2D eigenvalue weighted by Crippen LogP contribution is -2.44. The number of carbonyl (C=O) groups excluding carboxylic acids is 1. The number of hydrogen-bond donors (Lipinski definition) is 2. The predicted molar refractivity (Wildman–Crippen MR) is 68.9 cm³/mol. The van der Waals surface area contributed by atoms with E-state index in [1.165, 1.54) is 6.07 Å². The Morgan fingerprint density at radius 3 is 2.32 bits per heavy atom. The first-order valence-corrected chi connectivity index (χ1v) is 6.13. The van der Waals surface area contributed by atoms with Crippen molar-refractivity contribution >= 4 is 11.9 Å². The number of aromatic nitrogens is 1. The average Bonchev–Trinajstić information content (AvgIpc) is 2.73. The van der Waals surface area contributed by atoms with Crippen molar-refractivity contribution in [1.29, 1.82) is 0 Å². The van der Waals surface area contributed by atoms with Gasteiger partial charge in [0.05, 0.1) is 0 Å². The molecule has 1 amide bonds. The molecule has 0 aromatic carbocycles. The molecule has 1 heterocycles. The molecule has 1 aromatic heterocycles. The largest absolute Gasteiger partial charge is 0.480 e. The normalized spacial score (nSPS) is 13.4. The summed E-state index contributed by atoms with van der Waals surface area (Å²) in [5, 5.41) is 15.1. The van der Waals surface area contributed by atoms with Crippen LogP contribution >= 0.6 is 0 Å². The number of hydrogen-bond acceptors (Lipinski definition) is 4. The van der Waals surface area contributed by atoms with Crippen molar-refractivity contribution in [2.45, 2.75) is 46.1 Å². The maximum atomic E-state index is 11.9. The van der Waals surface area contributed by atoms with Gasteiger partial charge in [-0.05, 0) is 5.92 Å². The summed E-state index contributed by atoms with van der Waals surface area (Å²) in [6.45, 7) is 9.25. The fourth-order valence-electron chi connectivity index (χ4n) is 1.46. The third-order valence-corrected chi connectivity index (χ3v) is 2.70. The first-order valence-electron chi connectivity index (χ1n) is 6.13. The molecule has 1 atom stereocenters. The molecule has 0 saturated heterocycles. The molecule has 2 N–H and O–H groups in total. The number of carboxylic acid groups (broad SMARTS) is 1. The molecule has 1 rings (SSSR count). The Morgan fingerprint density at radius 2 is 1.95 bits per heavy atom. The molecule has 0 aliphatic carbocycles. The van der Waals surface area contributed by atoms with E-state index < -0.39 is 17.9 Å². The molecule has 0 aliphatic rings. The smallest absolute Gasteiger partial charge is 0.326 e. The van der Waals surface area contributed by atoms with Crippen LogP contribution in [0.4, 0.5) is 0 Å². The highest BCUT2D eigenvalue weighted by atomic mass is 16.5. The second-order valence-electron chi connectivity index (χ2n) is 5.86. The minimum Gasteiger partial charge on any atom is -0.480 e. The summed E-state index contributed by atoms with van der Waals surface area (Å²) in [5.74, 6) is -1.24. The molecule has 1 aromatic rings. The van der Waals surface area contributed by atoms with Crippen LogP contribution < -0.4 is 5.32 Å². The van der Waals surface area contributed by atoms with Gasteiger partial charge in [-0.3, -0.25) is 4.79 Å². The summed E-state index contributed by atoms with van der Waals surface area (Å²) in [4.78, 5) is 22.9. The Labute approximate surface area is 112 Å². The second kappa shape index (κ2) is 5.42. The van der Waals surface area contributed by atoms with Gasteiger partial charge in [0.2, 0.25) is 0 Å². The zero-order chi connectivity index (χ0) is 14.8. The van der Waals surface area contributed by atoms with E-state index in [1.54, 1.807) is 13.8 Å². The Bertz CT molecular complexity index is 471. The van der Waals surface area contributed by atoms with E-state index in [1.807, 2.05) is 20.8 Å². The van der Waals surface area contributed by atoms with Crippen LogP contribution in [0.1, 0.15) is 50.9 Å². The molecule has 1 unspecified atom stereocenters.